The Balaban J connectivity index is 0.00000523. The normalized spacial score (nSPS) is 16.6. The summed E-state index contributed by atoms with van der Waals surface area (Å²) in [6.07, 6.45) is 4.95. The van der Waals surface area contributed by atoms with E-state index in [-0.39, 0.29) is 101 Å². The van der Waals surface area contributed by atoms with Crippen LogP contribution in [0.4, 0.5) is 4.79 Å². The zero-order chi connectivity index (χ0) is 69.2. The fraction of sp³-hybridized carbons (Fsp3) is 0.525. The smallest absolute Gasteiger partial charge is 0.330 e. The SMILES string of the molecule is CC(C)C[C@H](NC(=O)[C@@H](COC(C)(C)C)NC(=O)[C@H](Cc1ccc(O)cc1)NC(=O)[C@H](CO)NC(=O)[C@H](Cc1c[nH]c2ccccc12)NC(=O)[C@H](Cc1c[nH]cn1)NC(=O)[C@@H]1CCC(=O)N1)C(=O)N[C@@H](CCCNC(=N)N)C(=O)N1CCC[C@H]1C(=O)NNC(N)=O.CCO. The Hall–Kier alpha value is -9.89. The van der Waals surface area contributed by atoms with Crippen LogP contribution in [-0.4, -0.2) is 199 Å². The largest absolute Gasteiger partial charge is 0.508 e. The molecule has 2 saturated heterocycles. The van der Waals surface area contributed by atoms with Crippen molar-refractivity contribution < 1.29 is 72.8 Å². The van der Waals surface area contributed by atoms with Gasteiger partial charge in [0.05, 0.1) is 30.8 Å². The maximum atomic E-state index is 14.8. The number of para-hydroxylation sites is 1. The number of guanidine groups is 1. The predicted octanol–water partition coefficient (Wildman–Crippen LogP) is -2.90. The van der Waals surface area contributed by atoms with Gasteiger partial charge in [0.1, 0.15) is 60.1 Å². The van der Waals surface area contributed by atoms with E-state index in [1.807, 2.05) is 5.43 Å². The van der Waals surface area contributed by atoms with Gasteiger partial charge in [0.25, 0.3) is 5.91 Å². The highest BCUT2D eigenvalue weighted by atomic mass is 16.5. The molecule has 4 heterocycles. The summed E-state index contributed by atoms with van der Waals surface area (Å²) in [5.74, 6) is -8.74. The van der Waals surface area contributed by atoms with Gasteiger partial charge >= 0.3 is 6.03 Å². The third-order valence-electron chi connectivity index (χ3n) is 14.9. The number of aromatic hydroxyl groups is 1. The van der Waals surface area contributed by atoms with Crippen molar-refractivity contribution in [2.45, 2.75) is 166 Å². The van der Waals surface area contributed by atoms with E-state index in [1.165, 1.54) is 41.7 Å². The first-order valence-electron chi connectivity index (χ1n) is 30.9. The number of nitrogens with one attached hydrogen (secondary N) is 14. The van der Waals surface area contributed by atoms with Crippen molar-refractivity contribution in [1.82, 2.24) is 78.6 Å². The number of H-pyrrole nitrogens is 2. The zero-order valence-corrected chi connectivity index (χ0v) is 53.5. The third kappa shape index (κ3) is 24.0. The molecule has 94 heavy (non-hydrogen) atoms. The fourth-order valence-corrected chi connectivity index (χ4v) is 10.3. The van der Waals surface area contributed by atoms with Crippen LogP contribution >= 0.6 is 0 Å². The number of phenolic OH excluding ortho intramolecular Hbond substituents is 1. The van der Waals surface area contributed by atoms with Gasteiger partial charge < -0.3 is 94.2 Å². The van der Waals surface area contributed by atoms with E-state index >= 15 is 0 Å². The van der Waals surface area contributed by atoms with E-state index in [2.05, 4.69) is 68.2 Å². The quantitative estimate of drug-likeness (QED) is 0.0104. The van der Waals surface area contributed by atoms with Gasteiger partial charge in [-0.1, -0.05) is 44.2 Å². The molecule has 2 aliphatic heterocycles. The summed E-state index contributed by atoms with van der Waals surface area (Å²) < 4.78 is 6.02. The second kappa shape index (κ2) is 36.4. The number of primary amides is 1. The van der Waals surface area contributed by atoms with E-state index in [0.717, 1.165) is 0 Å². The number of fused-ring (bicyclic) bond motifs is 1. The van der Waals surface area contributed by atoms with Gasteiger partial charge in [0.15, 0.2) is 5.96 Å². The maximum Gasteiger partial charge on any atom is 0.330 e. The number of phenols is 1. The van der Waals surface area contributed by atoms with Crippen molar-refractivity contribution in [3.63, 3.8) is 0 Å². The Morgan fingerprint density at radius 1 is 0.734 bits per heavy atom. The fourth-order valence-electron chi connectivity index (χ4n) is 10.3. The van der Waals surface area contributed by atoms with Crippen LogP contribution < -0.4 is 70.2 Å². The molecule has 0 aliphatic carbocycles. The standard InChI is InChI=1S/C59H84N18O14.C2H6O/c1-31(2)22-40(49(82)68-39(12-8-20-64-57(60)61)56(89)77-21-9-13-46(77)55(88)75-76-58(62)90)69-54(87)45(29-91-59(3,4)5)74-50(83)41(23-32-14-16-35(79)17-15-32)70-53(86)44(28-78)73-51(84)42(24-33-26-65-37-11-7-6-10-36(33)37)71-52(85)43(25-34-27-63-30-66-34)72-48(81)38-18-19-47(80)67-38;1-2-3/h6-7,10-11,14-17,26-27,30-31,38-46,65,78-79H,8-9,12-13,18-25,28-29H2,1-5H3,(H,63,66)(H,67,80)(H,68,82)(H,69,87)(H,70,86)(H,71,85)(H,72,81)(H,73,84)(H,74,83)(H,75,88)(H4,60,61,64)(H3,62,76,90);3H,2H2,1H3/t38-,39-,40-,41-,42-,43-,44-,45+,46-;/m0./s1. The summed E-state index contributed by atoms with van der Waals surface area (Å²) in [7, 11) is 0. The number of likely N-dealkylation sites (tertiary alicyclic amines) is 1. The molecule has 2 aliphatic rings. The number of aliphatic hydroxyl groups is 2. The summed E-state index contributed by atoms with van der Waals surface area (Å²) in [5.41, 5.74) is 15.9. The molecule has 2 fully saturated rings. The first-order chi connectivity index (χ1) is 44.6. The van der Waals surface area contributed by atoms with E-state index in [4.69, 9.17) is 26.7 Å². The van der Waals surface area contributed by atoms with Crippen molar-refractivity contribution >= 4 is 82.0 Å². The number of imidazole rings is 1. The number of hydrazine groups is 1. The number of aromatic amines is 2. The second-order valence-electron chi connectivity index (χ2n) is 24.0. The summed E-state index contributed by atoms with van der Waals surface area (Å²) >= 11 is 0. The van der Waals surface area contributed by atoms with Crippen molar-refractivity contribution in [2.24, 2.45) is 17.4 Å². The van der Waals surface area contributed by atoms with Crippen molar-refractivity contribution in [1.29, 1.82) is 5.41 Å². The molecule has 514 valence electrons. The molecule has 2 aromatic heterocycles. The van der Waals surface area contributed by atoms with Crippen molar-refractivity contribution in [3.05, 3.63) is 84.1 Å². The molecule has 6 rings (SSSR count). The lowest BCUT2D eigenvalue weighted by atomic mass is 10.0. The van der Waals surface area contributed by atoms with Gasteiger partial charge in [-0.05, 0) is 101 Å². The van der Waals surface area contributed by atoms with Crippen LogP contribution in [0.25, 0.3) is 10.9 Å². The molecular formula is C61H90N18O15. The highest BCUT2D eigenvalue weighted by Gasteiger charge is 2.40. The Morgan fingerprint density at radius 2 is 1.32 bits per heavy atom. The number of aliphatic hydroxyl groups excluding tert-OH is 2. The first kappa shape index (κ1) is 74.8. The van der Waals surface area contributed by atoms with Crippen molar-refractivity contribution in [3.8, 4) is 5.75 Å². The van der Waals surface area contributed by atoms with Crippen LogP contribution in [0.5, 0.6) is 5.75 Å². The first-order valence-corrected chi connectivity index (χ1v) is 30.9. The maximum absolute atomic E-state index is 14.8. The number of nitrogens with two attached hydrogens (primary N) is 2. The van der Waals surface area contributed by atoms with E-state index in [9.17, 15) is 63.0 Å². The van der Waals surface area contributed by atoms with E-state index in [1.54, 1.807) is 72.0 Å². The monoisotopic (exact) mass is 1310 g/mol. The van der Waals surface area contributed by atoms with Crippen LogP contribution in [0.2, 0.25) is 0 Å². The molecule has 0 bridgehead atoms. The summed E-state index contributed by atoms with van der Waals surface area (Å²) in [6, 6.07) is -0.755. The van der Waals surface area contributed by atoms with E-state index < -0.39 is 132 Å². The Morgan fingerprint density at radius 3 is 1.91 bits per heavy atom. The number of hydrogen-bond donors (Lipinski definition) is 19. The summed E-state index contributed by atoms with van der Waals surface area (Å²) in [5, 5.41) is 60.5. The molecule has 0 saturated carbocycles. The van der Waals surface area contributed by atoms with Crippen LogP contribution in [0, 0.1) is 11.3 Å². The average molecular weight is 1320 g/mol. The highest BCUT2D eigenvalue weighted by molar-refractivity contribution is 5.99. The van der Waals surface area contributed by atoms with E-state index in [0.29, 0.717) is 34.1 Å². The molecule has 33 nitrogen and oxygen atoms in total. The Kier molecular flexibility index (Phi) is 29.0. The molecule has 33 heteroatoms. The minimum absolute atomic E-state index is 0.00232. The predicted molar refractivity (Wildman–Crippen MR) is 341 cm³/mol. The number of amides is 12. The lowest BCUT2D eigenvalue weighted by molar-refractivity contribution is -0.142. The number of urea groups is 1. The third-order valence-corrected chi connectivity index (χ3v) is 14.9. The molecule has 9 atom stereocenters. The molecule has 12 amide bonds. The molecular weight excluding hydrogens is 1220 g/mol. The lowest BCUT2D eigenvalue weighted by Crippen LogP contribution is -2.62. The minimum atomic E-state index is -1.80. The molecule has 0 radical (unpaired) electrons. The molecule has 0 spiro atoms. The van der Waals surface area contributed by atoms with Crippen LogP contribution in [-0.2, 0) is 71.9 Å². The summed E-state index contributed by atoms with van der Waals surface area (Å²) in [4.78, 5) is 163. The molecule has 0 unspecified atom stereocenters. The van der Waals surface area contributed by atoms with Crippen LogP contribution in [0.3, 0.4) is 0 Å². The number of hydrogen-bond acceptors (Lipinski definition) is 17. The second-order valence-corrected chi connectivity index (χ2v) is 24.0. The lowest BCUT2D eigenvalue weighted by Gasteiger charge is -2.31. The number of carbonyl (C=O) groups is 11. The van der Waals surface area contributed by atoms with Gasteiger partial charge in [-0.2, -0.15) is 0 Å². The highest BCUT2D eigenvalue weighted by Crippen LogP contribution is 2.22. The topological polar surface area (TPSA) is 514 Å². The number of rotatable bonds is 31. The molecule has 21 N–H and O–H groups in total. The Bertz CT molecular complexity index is 3250. The summed E-state index contributed by atoms with van der Waals surface area (Å²) in [6.45, 7) is 9.26. The number of benzene rings is 2. The van der Waals surface area contributed by atoms with Gasteiger partial charge in [-0.3, -0.25) is 58.8 Å². The van der Waals surface area contributed by atoms with Gasteiger partial charge in [-0.15, -0.1) is 0 Å². The Labute approximate surface area is 542 Å². The number of carbonyl (C=O) groups excluding carboxylic acids is 11. The van der Waals surface area contributed by atoms with Crippen LogP contribution in [0.1, 0.15) is 103 Å². The van der Waals surface area contributed by atoms with Crippen molar-refractivity contribution in [2.75, 3.05) is 32.9 Å². The average Bonchev–Trinajstić information content (AvgIpc) is 1.69. The number of aromatic nitrogens is 3. The van der Waals surface area contributed by atoms with Gasteiger partial charge in [-0.25, -0.2) is 15.2 Å². The van der Waals surface area contributed by atoms with Gasteiger partial charge in [0.2, 0.25) is 53.2 Å². The zero-order valence-electron chi connectivity index (χ0n) is 53.5. The van der Waals surface area contributed by atoms with Gasteiger partial charge in [0, 0.05) is 68.7 Å². The molecule has 4 aromatic rings. The number of nitrogens with zero attached hydrogens (tertiary/aromatic N) is 2. The van der Waals surface area contributed by atoms with Crippen LogP contribution in [0.15, 0.2) is 67.3 Å². The minimum Gasteiger partial charge on any atom is -0.508 e. The molecule has 2 aromatic carbocycles. The number of ether oxygens (including phenoxy) is 1.